The van der Waals surface area contributed by atoms with Crippen LogP contribution in [-0.4, -0.2) is 6.54 Å². The predicted octanol–water partition coefficient (Wildman–Crippen LogP) is 3.82. The van der Waals surface area contributed by atoms with E-state index in [1.807, 2.05) is 42.5 Å². The molecule has 0 saturated carbocycles. The Morgan fingerprint density at radius 3 is 2.23 bits per heavy atom. The predicted molar refractivity (Wildman–Crippen MR) is 94.3 cm³/mol. The average molecular weight is 321 g/mol. The SMILES string of the molecule is Cl.NCCCC[C@H](N)c1ccc(OCc2ccccc2)cc1. The van der Waals surface area contributed by atoms with Crippen molar-refractivity contribution in [3.8, 4) is 5.75 Å². The molecule has 0 saturated heterocycles. The average Bonchev–Trinajstić information content (AvgIpc) is 2.54. The molecule has 22 heavy (non-hydrogen) atoms. The fraction of sp³-hybridized carbons (Fsp3) is 0.333. The summed E-state index contributed by atoms with van der Waals surface area (Å²) >= 11 is 0. The summed E-state index contributed by atoms with van der Waals surface area (Å²) in [5.74, 6) is 0.872. The van der Waals surface area contributed by atoms with Gasteiger partial charge in [-0.05, 0) is 42.6 Å². The van der Waals surface area contributed by atoms with Gasteiger partial charge in [-0.2, -0.15) is 0 Å². The molecule has 0 aliphatic rings. The number of hydrogen-bond acceptors (Lipinski definition) is 3. The van der Waals surface area contributed by atoms with Crippen LogP contribution >= 0.6 is 12.4 Å². The zero-order chi connectivity index (χ0) is 14.9. The zero-order valence-electron chi connectivity index (χ0n) is 12.8. The number of rotatable bonds is 8. The second kappa shape index (κ2) is 10.2. The number of nitrogens with two attached hydrogens (primary N) is 2. The van der Waals surface area contributed by atoms with E-state index in [1.165, 1.54) is 5.56 Å². The maximum absolute atomic E-state index is 6.17. The molecule has 2 aromatic carbocycles. The van der Waals surface area contributed by atoms with E-state index in [2.05, 4.69) is 12.1 Å². The third-order valence-corrected chi connectivity index (χ3v) is 3.53. The lowest BCUT2D eigenvalue weighted by molar-refractivity contribution is 0.306. The molecular formula is C18H25ClN2O. The standard InChI is InChI=1S/C18H24N2O.ClH/c19-13-5-4-8-18(20)16-9-11-17(12-10-16)21-14-15-6-2-1-3-7-15;/h1-3,6-7,9-12,18H,4-5,8,13-14,19-20H2;1H/t18-;/m0./s1. The minimum Gasteiger partial charge on any atom is -0.489 e. The summed E-state index contributed by atoms with van der Waals surface area (Å²) in [5, 5.41) is 0. The van der Waals surface area contributed by atoms with Crippen molar-refractivity contribution in [1.82, 2.24) is 0 Å². The topological polar surface area (TPSA) is 61.3 Å². The van der Waals surface area contributed by atoms with Crippen LogP contribution in [0.15, 0.2) is 54.6 Å². The molecule has 0 fully saturated rings. The molecule has 0 unspecified atom stereocenters. The molecule has 0 heterocycles. The van der Waals surface area contributed by atoms with Gasteiger partial charge in [0.2, 0.25) is 0 Å². The number of unbranched alkanes of at least 4 members (excludes halogenated alkanes) is 1. The first kappa shape index (κ1) is 18.5. The van der Waals surface area contributed by atoms with Crippen LogP contribution in [-0.2, 0) is 6.61 Å². The molecule has 0 spiro atoms. The van der Waals surface area contributed by atoms with Crippen molar-refractivity contribution in [2.75, 3.05) is 6.54 Å². The molecule has 120 valence electrons. The second-order valence-corrected chi connectivity index (χ2v) is 5.23. The Kier molecular flexibility index (Phi) is 8.60. The molecule has 0 aliphatic carbocycles. The highest BCUT2D eigenvalue weighted by atomic mass is 35.5. The molecule has 0 amide bonds. The largest absolute Gasteiger partial charge is 0.489 e. The maximum atomic E-state index is 6.17. The molecule has 1 atom stereocenters. The van der Waals surface area contributed by atoms with Crippen LogP contribution in [0.2, 0.25) is 0 Å². The van der Waals surface area contributed by atoms with Gasteiger partial charge in [-0.25, -0.2) is 0 Å². The number of ether oxygens (including phenoxy) is 1. The lowest BCUT2D eigenvalue weighted by Crippen LogP contribution is -2.11. The van der Waals surface area contributed by atoms with Gasteiger partial charge < -0.3 is 16.2 Å². The van der Waals surface area contributed by atoms with Gasteiger partial charge in [0.1, 0.15) is 12.4 Å². The van der Waals surface area contributed by atoms with E-state index in [4.69, 9.17) is 16.2 Å². The van der Waals surface area contributed by atoms with E-state index < -0.39 is 0 Å². The molecular weight excluding hydrogens is 296 g/mol. The van der Waals surface area contributed by atoms with Crippen molar-refractivity contribution in [3.05, 3.63) is 65.7 Å². The van der Waals surface area contributed by atoms with E-state index in [0.717, 1.165) is 37.1 Å². The van der Waals surface area contributed by atoms with Crippen molar-refractivity contribution in [2.45, 2.75) is 31.9 Å². The summed E-state index contributed by atoms with van der Waals surface area (Å²) in [6.07, 6.45) is 3.08. The Bertz CT molecular complexity index is 516. The Morgan fingerprint density at radius 2 is 1.59 bits per heavy atom. The van der Waals surface area contributed by atoms with Gasteiger partial charge in [0.25, 0.3) is 0 Å². The third kappa shape index (κ3) is 6.06. The molecule has 0 bridgehead atoms. The monoisotopic (exact) mass is 320 g/mol. The fourth-order valence-electron chi connectivity index (χ4n) is 2.23. The van der Waals surface area contributed by atoms with E-state index >= 15 is 0 Å². The van der Waals surface area contributed by atoms with E-state index in [9.17, 15) is 0 Å². The molecule has 4 N–H and O–H groups in total. The highest BCUT2D eigenvalue weighted by molar-refractivity contribution is 5.85. The highest BCUT2D eigenvalue weighted by Gasteiger charge is 2.05. The Hall–Kier alpha value is -1.55. The van der Waals surface area contributed by atoms with Crippen LogP contribution < -0.4 is 16.2 Å². The summed E-state index contributed by atoms with van der Waals surface area (Å²) in [6.45, 7) is 1.32. The molecule has 0 aliphatic heterocycles. The van der Waals surface area contributed by atoms with Gasteiger partial charge in [-0.15, -0.1) is 12.4 Å². The summed E-state index contributed by atoms with van der Waals surface area (Å²) in [5.41, 5.74) is 14.0. The van der Waals surface area contributed by atoms with Gasteiger partial charge >= 0.3 is 0 Å². The van der Waals surface area contributed by atoms with Crippen molar-refractivity contribution in [3.63, 3.8) is 0 Å². The molecule has 0 radical (unpaired) electrons. The Labute approximate surface area is 139 Å². The Morgan fingerprint density at radius 1 is 0.909 bits per heavy atom. The quantitative estimate of drug-likeness (QED) is 0.727. The smallest absolute Gasteiger partial charge is 0.119 e. The summed E-state index contributed by atoms with van der Waals surface area (Å²) in [4.78, 5) is 0. The van der Waals surface area contributed by atoms with E-state index in [-0.39, 0.29) is 18.4 Å². The Balaban J connectivity index is 0.00000242. The molecule has 2 aromatic rings. The summed E-state index contributed by atoms with van der Waals surface area (Å²) < 4.78 is 5.77. The van der Waals surface area contributed by atoms with Crippen molar-refractivity contribution >= 4 is 12.4 Å². The molecule has 4 heteroatoms. The van der Waals surface area contributed by atoms with Crippen molar-refractivity contribution < 1.29 is 4.74 Å². The van der Waals surface area contributed by atoms with Gasteiger partial charge in [0.15, 0.2) is 0 Å². The molecule has 2 rings (SSSR count). The zero-order valence-corrected chi connectivity index (χ0v) is 13.6. The van der Waals surface area contributed by atoms with Gasteiger partial charge in [-0.1, -0.05) is 48.9 Å². The van der Waals surface area contributed by atoms with Crippen LogP contribution in [0.1, 0.15) is 36.4 Å². The number of hydrogen-bond donors (Lipinski definition) is 2. The lowest BCUT2D eigenvalue weighted by Gasteiger charge is -2.13. The third-order valence-electron chi connectivity index (χ3n) is 3.53. The molecule has 3 nitrogen and oxygen atoms in total. The first-order valence-corrected chi connectivity index (χ1v) is 7.52. The van der Waals surface area contributed by atoms with Crippen molar-refractivity contribution in [2.24, 2.45) is 11.5 Å². The first-order chi connectivity index (χ1) is 10.3. The van der Waals surface area contributed by atoms with Crippen LogP contribution in [0.3, 0.4) is 0 Å². The molecule has 0 aromatic heterocycles. The minimum absolute atomic E-state index is 0. The normalized spacial score (nSPS) is 11.5. The first-order valence-electron chi connectivity index (χ1n) is 7.52. The van der Waals surface area contributed by atoms with E-state index in [0.29, 0.717) is 6.61 Å². The highest BCUT2D eigenvalue weighted by Crippen LogP contribution is 2.20. The van der Waals surface area contributed by atoms with Gasteiger partial charge in [0, 0.05) is 6.04 Å². The van der Waals surface area contributed by atoms with Gasteiger partial charge in [-0.3, -0.25) is 0 Å². The van der Waals surface area contributed by atoms with Crippen LogP contribution in [0.5, 0.6) is 5.75 Å². The van der Waals surface area contributed by atoms with Crippen LogP contribution in [0.4, 0.5) is 0 Å². The lowest BCUT2D eigenvalue weighted by atomic mass is 10.0. The fourth-order valence-corrected chi connectivity index (χ4v) is 2.23. The summed E-state index contributed by atoms with van der Waals surface area (Å²) in [7, 11) is 0. The van der Waals surface area contributed by atoms with E-state index in [1.54, 1.807) is 0 Å². The van der Waals surface area contributed by atoms with Crippen LogP contribution in [0.25, 0.3) is 0 Å². The maximum Gasteiger partial charge on any atom is 0.119 e. The van der Waals surface area contributed by atoms with Gasteiger partial charge in [0.05, 0.1) is 0 Å². The van der Waals surface area contributed by atoms with Crippen molar-refractivity contribution in [1.29, 1.82) is 0 Å². The number of halogens is 1. The minimum atomic E-state index is 0. The van der Waals surface area contributed by atoms with Crippen LogP contribution in [0, 0.1) is 0 Å². The number of benzene rings is 2. The summed E-state index contributed by atoms with van der Waals surface area (Å²) in [6, 6.07) is 18.3. The second-order valence-electron chi connectivity index (χ2n) is 5.23.